The van der Waals surface area contributed by atoms with Crippen LogP contribution in [0.1, 0.15) is 44.1 Å². The fourth-order valence-corrected chi connectivity index (χ4v) is 2.40. The summed E-state index contributed by atoms with van der Waals surface area (Å²) in [7, 11) is 0. The summed E-state index contributed by atoms with van der Waals surface area (Å²) in [4.78, 5) is 0. The Hall–Kier alpha value is -0.860. The molecule has 0 aliphatic heterocycles. The smallest absolute Gasteiger partial charge is 0.0518 e. The number of rotatable bonds is 6. The van der Waals surface area contributed by atoms with E-state index in [2.05, 4.69) is 29.6 Å². The third-order valence-corrected chi connectivity index (χ3v) is 3.65. The summed E-state index contributed by atoms with van der Waals surface area (Å²) in [6.07, 6.45) is 4.60. The standard InChI is InChI=1S/C15H23NO/c1-12(17)10-14(11-16-15-8-5-9-15)13-6-3-2-4-7-13/h2-4,6-7,12,14-17H,5,8-11H2,1H3. The molecule has 1 saturated carbocycles. The molecule has 0 heterocycles. The van der Waals surface area contributed by atoms with Gasteiger partial charge in [-0.05, 0) is 37.7 Å². The molecule has 1 aliphatic carbocycles. The van der Waals surface area contributed by atoms with Gasteiger partial charge in [0.15, 0.2) is 0 Å². The van der Waals surface area contributed by atoms with Crippen molar-refractivity contribution in [1.82, 2.24) is 5.32 Å². The van der Waals surface area contributed by atoms with Crippen LogP contribution in [0.4, 0.5) is 0 Å². The van der Waals surface area contributed by atoms with Crippen LogP contribution in [0, 0.1) is 0 Å². The second-order valence-electron chi connectivity index (χ2n) is 5.23. The Kier molecular flexibility index (Phi) is 4.57. The maximum atomic E-state index is 9.59. The number of nitrogens with one attached hydrogen (secondary N) is 1. The van der Waals surface area contributed by atoms with E-state index < -0.39 is 0 Å². The maximum Gasteiger partial charge on any atom is 0.0518 e. The molecule has 2 rings (SSSR count). The van der Waals surface area contributed by atoms with Crippen LogP contribution in [0.15, 0.2) is 30.3 Å². The van der Waals surface area contributed by atoms with Gasteiger partial charge in [-0.2, -0.15) is 0 Å². The van der Waals surface area contributed by atoms with Crippen molar-refractivity contribution >= 4 is 0 Å². The molecule has 2 N–H and O–H groups in total. The molecule has 1 aliphatic rings. The number of hydrogen-bond acceptors (Lipinski definition) is 2. The van der Waals surface area contributed by atoms with Gasteiger partial charge in [0.1, 0.15) is 0 Å². The average molecular weight is 233 g/mol. The highest BCUT2D eigenvalue weighted by Gasteiger charge is 2.20. The van der Waals surface area contributed by atoms with Gasteiger partial charge in [-0.1, -0.05) is 36.8 Å². The molecule has 0 saturated heterocycles. The van der Waals surface area contributed by atoms with Crippen LogP contribution in [0.5, 0.6) is 0 Å². The van der Waals surface area contributed by atoms with Gasteiger partial charge in [0.25, 0.3) is 0 Å². The summed E-state index contributed by atoms with van der Waals surface area (Å²) >= 11 is 0. The lowest BCUT2D eigenvalue weighted by molar-refractivity contribution is 0.171. The first kappa shape index (κ1) is 12.6. The Morgan fingerprint density at radius 2 is 2.00 bits per heavy atom. The van der Waals surface area contributed by atoms with Crippen molar-refractivity contribution < 1.29 is 5.11 Å². The summed E-state index contributed by atoms with van der Waals surface area (Å²) in [5.41, 5.74) is 1.33. The molecule has 2 atom stereocenters. The Morgan fingerprint density at radius 3 is 2.53 bits per heavy atom. The van der Waals surface area contributed by atoms with Gasteiger partial charge < -0.3 is 10.4 Å². The first-order valence-corrected chi connectivity index (χ1v) is 6.72. The Morgan fingerprint density at radius 1 is 1.29 bits per heavy atom. The molecule has 94 valence electrons. The van der Waals surface area contributed by atoms with E-state index in [0.717, 1.165) is 19.0 Å². The molecule has 2 heteroatoms. The molecule has 1 aromatic rings. The SMILES string of the molecule is CC(O)CC(CNC1CCC1)c1ccccc1. The molecule has 0 radical (unpaired) electrons. The van der Waals surface area contributed by atoms with Crippen molar-refractivity contribution in [2.24, 2.45) is 0 Å². The second kappa shape index (κ2) is 6.18. The van der Waals surface area contributed by atoms with E-state index in [1.165, 1.54) is 24.8 Å². The highest BCUT2D eigenvalue weighted by atomic mass is 16.3. The van der Waals surface area contributed by atoms with Crippen molar-refractivity contribution in [3.8, 4) is 0 Å². The zero-order valence-corrected chi connectivity index (χ0v) is 10.6. The Bertz CT molecular complexity index is 319. The van der Waals surface area contributed by atoms with Crippen LogP contribution in [0.25, 0.3) is 0 Å². The number of aliphatic hydroxyl groups excluding tert-OH is 1. The molecule has 2 nitrogen and oxygen atoms in total. The van der Waals surface area contributed by atoms with Gasteiger partial charge in [0.05, 0.1) is 6.10 Å². The van der Waals surface area contributed by atoms with Crippen molar-refractivity contribution in [2.45, 2.75) is 50.7 Å². The fraction of sp³-hybridized carbons (Fsp3) is 0.600. The van der Waals surface area contributed by atoms with E-state index in [-0.39, 0.29) is 6.10 Å². The van der Waals surface area contributed by atoms with Crippen LogP contribution in [-0.4, -0.2) is 23.8 Å². The monoisotopic (exact) mass is 233 g/mol. The van der Waals surface area contributed by atoms with E-state index in [0.29, 0.717) is 5.92 Å². The van der Waals surface area contributed by atoms with E-state index in [1.807, 2.05) is 13.0 Å². The van der Waals surface area contributed by atoms with E-state index in [4.69, 9.17) is 0 Å². The van der Waals surface area contributed by atoms with Gasteiger partial charge in [-0.3, -0.25) is 0 Å². The lowest BCUT2D eigenvalue weighted by Crippen LogP contribution is -2.38. The highest BCUT2D eigenvalue weighted by Crippen LogP contribution is 2.23. The van der Waals surface area contributed by atoms with Crippen molar-refractivity contribution in [2.75, 3.05) is 6.54 Å². The third kappa shape index (κ3) is 3.83. The molecule has 0 spiro atoms. The lowest BCUT2D eigenvalue weighted by Gasteiger charge is -2.29. The molecular formula is C15H23NO. The van der Waals surface area contributed by atoms with Gasteiger partial charge in [0.2, 0.25) is 0 Å². The van der Waals surface area contributed by atoms with Crippen molar-refractivity contribution in [1.29, 1.82) is 0 Å². The van der Waals surface area contributed by atoms with Gasteiger partial charge >= 0.3 is 0 Å². The normalized spacial score (nSPS) is 19.6. The first-order chi connectivity index (χ1) is 8.25. The zero-order chi connectivity index (χ0) is 12.1. The summed E-state index contributed by atoms with van der Waals surface area (Å²) in [6, 6.07) is 11.2. The number of hydrogen-bond donors (Lipinski definition) is 2. The Labute approximate surface area is 104 Å². The lowest BCUT2D eigenvalue weighted by atomic mass is 9.90. The largest absolute Gasteiger partial charge is 0.393 e. The molecule has 0 aromatic heterocycles. The van der Waals surface area contributed by atoms with E-state index in [9.17, 15) is 5.11 Å². The summed E-state index contributed by atoms with van der Waals surface area (Å²) in [5, 5.41) is 13.2. The van der Waals surface area contributed by atoms with E-state index >= 15 is 0 Å². The second-order valence-corrected chi connectivity index (χ2v) is 5.23. The highest BCUT2D eigenvalue weighted by molar-refractivity contribution is 5.20. The van der Waals surface area contributed by atoms with Crippen LogP contribution < -0.4 is 5.32 Å². The number of benzene rings is 1. The summed E-state index contributed by atoms with van der Waals surface area (Å²) in [6.45, 7) is 2.86. The molecule has 17 heavy (non-hydrogen) atoms. The van der Waals surface area contributed by atoms with Crippen molar-refractivity contribution in [3.05, 3.63) is 35.9 Å². The molecule has 1 aromatic carbocycles. The quantitative estimate of drug-likeness (QED) is 0.792. The molecular weight excluding hydrogens is 210 g/mol. The summed E-state index contributed by atoms with van der Waals surface area (Å²) in [5.74, 6) is 0.428. The summed E-state index contributed by atoms with van der Waals surface area (Å²) < 4.78 is 0. The average Bonchev–Trinajstić information content (AvgIpc) is 2.26. The topological polar surface area (TPSA) is 32.3 Å². The van der Waals surface area contributed by atoms with Crippen LogP contribution in [-0.2, 0) is 0 Å². The molecule has 0 bridgehead atoms. The molecule has 2 unspecified atom stereocenters. The van der Waals surface area contributed by atoms with Crippen LogP contribution in [0.3, 0.4) is 0 Å². The van der Waals surface area contributed by atoms with Gasteiger partial charge in [-0.25, -0.2) is 0 Å². The fourth-order valence-electron chi connectivity index (χ4n) is 2.40. The molecule has 1 fully saturated rings. The van der Waals surface area contributed by atoms with Crippen LogP contribution >= 0.6 is 0 Å². The van der Waals surface area contributed by atoms with Gasteiger partial charge in [-0.15, -0.1) is 0 Å². The molecule has 0 amide bonds. The zero-order valence-electron chi connectivity index (χ0n) is 10.6. The minimum Gasteiger partial charge on any atom is -0.393 e. The first-order valence-electron chi connectivity index (χ1n) is 6.72. The maximum absolute atomic E-state index is 9.59. The minimum atomic E-state index is -0.233. The van der Waals surface area contributed by atoms with Crippen molar-refractivity contribution in [3.63, 3.8) is 0 Å². The minimum absolute atomic E-state index is 0.233. The number of aliphatic hydroxyl groups is 1. The van der Waals surface area contributed by atoms with E-state index in [1.54, 1.807) is 0 Å². The Balaban J connectivity index is 1.92. The third-order valence-electron chi connectivity index (χ3n) is 3.65. The predicted molar refractivity (Wildman–Crippen MR) is 71.1 cm³/mol. The van der Waals surface area contributed by atoms with Gasteiger partial charge in [0, 0.05) is 12.6 Å². The predicted octanol–water partition coefficient (Wildman–Crippen LogP) is 2.68. The van der Waals surface area contributed by atoms with Crippen LogP contribution in [0.2, 0.25) is 0 Å².